The van der Waals surface area contributed by atoms with Crippen molar-refractivity contribution >= 4 is 17.8 Å². The lowest BCUT2D eigenvalue weighted by molar-refractivity contribution is -0.139. The van der Waals surface area contributed by atoms with Crippen molar-refractivity contribution in [2.24, 2.45) is 0 Å². The minimum Gasteiger partial charge on any atom is -0.361 e. The molecule has 1 aromatic carbocycles. The van der Waals surface area contributed by atoms with Crippen LogP contribution in [-0.2, 0) is 22.6 Å². The molecule has 2 aromatic rings. The van der Waals surface area contributed by atoms with Crippen LogP contribution in [0.25, 0.3) is 0 Å². The molecular weight excluding hydrogens is 424 g/mol. The molecule has 4 amide bonds. The number of carbonyl (C=O) groups is 3. The fourth-order valence-electron chi connectivity index (χ4n) is 4.18. The second kappa shape index (κ2) is 9.72. The number of aromatic nitrogens is 1. The van der Waals surface area contributed by atoms with Crippen LogP contribution in [0.15, 0.2) is 40.9 Å². The number of nitrogens with zero attached hydrogens (tertiary/aromatic N) is 4. The van der Waals surface area contributed by atoms with Gasteiger partial charge >= 0.3 is 6.03 Å². The number of benzene rings is 1. The summed E-state index contributed by atoms with van der Waals surface area (Å²) in [7, 11) is 0. The molecule has 0 aliphatic carbocycles. The van der Waals surface area contributed by atoms with E-state index in [2.05, 4.69) is 20.8 Å². The first kappa shape index (κ1) is 22.9. The van der Waals surface area contributed by atoms with Gasteiger partial charge in [-0.05, 0) is 32.3 Å². The lowest BCUT2D eigenvalue weighted by Gasteiger charge is -2.33. The molecule has 2 aliphatic rings. The van der Waals surface area contributed by atoms with E-state index in [0.29, 0.717) is 32.5 Å². The van der Waals surface area contributed by atoms with Gasteiger partial charge < -0.3 is 9.84 Å². The largest absolute Gasteiger partial charge is 0.361 e. The fraction of sp³-hybridized carbons (Fsp3) is 0.478. The topological polar surface area (TPSA) is 111 Å². The lowest BCUT2D eigenvalue weighted by Crippen LogP contribution is -2.53. The van der Waals surface area contributed by atoms with Crippen LogP contribution in [0.5, 0.6) is 0 Å². The van der Waals surface area contributed by atoms with E-state index in [4.69, 9.17) is 4.52 Å². The number of rotatable bonds is 8. The van der Waals surface area contributed by atoms with Gasteiger partial charge in [0.25, 0.3) is 11.8 Å². The summed E-state index contributed by atoms with van der Waals surface area (Å²) < 4.78 is 5.11. The zero-order valence-corrected chi connectivity index (χ0v) is 19.0. The minimum atomic E-state index is -1.05. The molecule has 33 heavy (non-hydrogen) atoms. The van der Waals surface area contributed by atoms with Crippen LogP contribution in [-0.4, -0.2) is 76.1 Å². The Morgan fingerprint density at radius 1 is 1.15 bits per heavy atom. The number of imide groups is 1. The number of nitrogens with one attached hydrogen (secondary N) is 2. The first-order valence-electron chi connectivity index (χ1n) is 11.2. The maximum absolute atomic E-state index is 12.9. The van der Waals surface area contributed by atoms with Crippen molar-refractivity contribution in [2.75, 3.05) is 32.7 Å². The van der Waals surface area contributed by atoms with Crippen molar-refractivity contribution in [3.63, 3.8) is 0 Å². The molecule has 3 heterocycles. The van der Waals surface area contributed by atoms with Gasteiger partial charge in [-0.25, -0.2) is 4.79 Å². The number of amides is 4. The van der Waals surface area contributed by atoms with Crippen molar-refractivity contribution in [2.45, 2.75) is 38.8 Å². The number of urea groups is 1. The quantitative estimate of drug-likeness (QED) is 0.574. The number of hydrazine groups is 1. The van der Waals surface area contributed by atoms with Crippen LogP contribution in [0.4, 0.5) is 4.79 Å². The van der Waals surface area contributed by atoms with Gasteiger partial charge in [0.2, 0.25) is 0 Å². The van der Waals surface area contributed by atoms with Crippen molar-refractivity contribution in [3.8, 4) is 0 Å². The van der Waals surface area contributed by atoms with Crippen LogP contribution >= 0.6 is 0 Å². The molecule has 2 fully saturated rings. The third-order valence-electron chi connectivity index (χ3n) is 6.15. The second-order valence-electron chi connectivity index (χ2n) is 8.90. The Balaban J connectivity index is 1.23. The molecule has 4 rings (SSSR count). The molecule has 2 saturated heterocycles. The van der Waals surface area contributed by atoms with Crippen molar-refractivity contribution in [3.05, 3.63) is 53.4 Å². The van der Waals surface area contributed by atoms with Crippen LogP contribution in [0.1, 0.15) is 30.4 Å². The zero-order chi connectivity index (χ0) is 23.4. The molecule has 2 aliphatic heterocycles. The predicted molar refractivity (Wildman–Crippen MR) is 120 cm³/mol. The van der Waals surface area contributed by atoms with E-state index in [1.807, 2.05) is 48.2 Å². The summed E-state index contributed by atoms with van der Waals surface area (Å²) in [6.07, 6.45) is 1.09. The summed E-state index contributed by atoms with van der Waals surface area (Å²) in [6, 6.07) is 11.1. The van der Waals surface area contributed by atoms with E-state index in [1.165, 1.54) is 0 Å². The van der Waals surface area contributed by atoms with E-state index in [-0.39, 0.29) is 12.5 Å². The molecule has 1 aromatic heterocycles. The van der Waals surface area contributed by atoms with E-state index < -0.39 is 17.5 Å². The zero-order valence-electron chi connectivity index (χ0n) is 19.0. The van der Waals surface area contributed by atoms with Crippen LogP contribution in [0.3, 0.4) is 0 Å². The van der Waals surface area contributed by atoms with Crippen LogP contribution in [0, 0.1) is 6.92 Å². The minimum absolute atomic E-state index is 0.120. The molecule has 1 atom stereocenters. The number of piperazine rings is 1. The number of carbonyl (C=O) groups excluding carboxylic acids is 3. The van der Waals surface area contributed by atoms with E-state index in [1.54, 1.807) is 6.92 Å². The molecule has 10 nitrogen and oxygen atoms in total. The van der Waals surface area contributed by atoms with E-state index in [0.717, 1.165) is 35.1 Å². The van der Waals surface area contributed by atoms with Gasteiger partial charge in [-0.15, -0.1) is 0 Å². The Morgan fingerprint density at radius 2 is 1.85 bits per heavy atom. The molecule has 10 heteroatoms. The average Bonchev–Trinajstić information content (AvgIpc) is 3.30. The van der Waals surface area contributed by atoms with Crippen molar-refractivity contribution in [1.82, 2.24) is 30.7 Å². The molecule has 0 unspecified atom stereocenters. The second-order valence-corrected chi connectivity index (χ2v) is 8.90. The molecular formula is C23H30N6O4. The monoisotopic (exact) mass is 454 g/mol. The Labute approximate surface area is 192 Å². The highest BCUT2D eigenvalue weighted by molar-refractivity contribution is 6.07. The highest BCUT2D eigenvalue weighted by atomic mass is 16.5. The lowest BCUT2D eigenvalue weighted by atomic mass is 9.93. The summed E-state index contributed by atoms with van der Waals surface area (Å²) in [5.74, 6) is -0.0344. The third-order valence-corrected chi connectivity index (χ3v) is 6.15. The maximum Gasteiger partial charge on any atom is 0.344 e. The Kier molecular flexibility index (Phi) is 6.75. The first-order chi connectivity index (χ1) is 15.8. The predicted octanol–water partition coefficient (Wildman–Crippen LogP) is 1.08. The van der Waals surface area contributed by atoms with Crippen molar-refractivity contribution < 1.29 is 18.9 Å². The van der Waals surface area contributed by atoms with E-state index in [9.17, 15) is 14.4 Å². The van der Waals surface area contributed by atoms with Gasteiger partial charge in [0.1, 0.15) is 11.3 Å². The highest BCUT2D eigenvalue weighted by Gasteiger charge is 2.48. The van der Waals surface area contributed by atoms with Gasteiger partial charge in [0, 0.05) is 38.8 Å². The fourth-order valence-corrected chi connectivity index (χ4v) is 4.18. The Morgan fingerprint density at radius 3 is 2.52 bits per heavy atom. The summed E-state index contributed by atoms with van der Waals surface area (Å²) in [5, 5.41) is 7.57. The van der Waals surface area contributed by atoms with Gasteiger partial charge in [-0.3, -0.25) is 24.8 Å². The smallest absolute Gasteiger partial charge is 0.344 e. The molecule has 2 N–H and O–H groups in total. The van der Waals surface area contributed by atoms with Gasteiger partial charge in [0.15, 0.2) is 0 Å². The maximum atomic E-state index is 12.9. The molecule has 0 bridgehead atoms. The van der Waals surface area contributed by atoms with Gasteiger partial charge in [-0.1, -0.05) is 35.5 Å². The molecule has 0 spiro atoms. The average molecular weight is 455 g/mol. The summed E-state index contributed by atoms with van der Waals surface area (Å²) in [5.41, 5.74) is 3.42. The van der Waals surface area contributed by atoms with Gasteiger partial charge in [-0.2, -0.15) is 5.01 Å². The summed E-state index contributed by atoms with van der Waals surface area (Å²) >= 11 is 0. The SMILES string of the molecule is Cc1cc(CN2CCN(CC(=O)NN3C(=O)N[C@](C)(CCc4ccccc4)C3=O)CC2)no1. The normalized spacial score (nSPS) is 21.9. The number of hydrogen-bond acceptors (Lipinski definition) is 7. The highest BCUT2D eigenvalue weighted by Crippen LogP contribution is 2.22. The van der Waals surface area contributed by atoms with Crippen LogP contribution < -0.4 is 10.7 Å². The van der Waals surface area contributed by atoms with Gasteiger partial charge in [0.05, 0.1) is 12.2 Å². The molecule has 176 valence electrons. The standard InChI is InChI=1S/C23H30N6O4/c1-17-14-19(26-33-17)15-27-10-12-28(13-11-27)16-20(30)25-29-21(31)23(2,24-22(29)32)9-8-18-6-4-3-5-7-18/h3-7,14H,8-13,15-16H2,1-2H3,(H,24,32)(H,25,30)/t23-/m1/s1. The summed E-state index contributed by atoms with van der Waals surface area (Å²) in [6.45, 7) is 7.39. The Hall–Kier alpha value is -3.24. The Bertz CT molecular complexity index is 1000. The number of aryl methyl sites for hydroxylation is 2. The first-order valence-corrected chi connectivity index (χ1v) is 11.2. The van der Waals surface area contributed by atoms with Crippen molar-refractivity contribution in [1.29, 1.82) is 0 Å². The number of hydrogen-bond donors (Lipinski definition) is 2. The summed E-state index contributed by atoms with van der Waals surface area (Å²) in [4.78, 5) is 42.1. The third kappa shape index (κ3) is 5.58. The molecule has 0 radical (unpaired) electrons. The van der Waals surface area contributed by atoms with E-state index >= 15 is 0 Å². The molecule has 0 saturated carbocycles. The van der Waals surface area contributed by atoms with Crippen LogP contribution in [0.2, 0.25) is 0 Å².